The van der Waals surface area contributed by atoms with Crippen molar-refractivity contribution < 1.29 is 14.2 Å². The highest BCUT2D eigenvalue weighted by atomic mass is 127. The van der Waals surface area contributed by atoms with Crippen molar-refractivity contribution in [1.29, 1.82) is 0 Å². The van der Waals surface area contributed by atoms with E-state index in [-0.39, 0.29) is 30.0 Å². The average molecular weight is 533 g/mol. The van der Waals surface area contributed by atoms with Crippen LogP contribution in [0.4, 0.5) is 0 Å². The van der Waals surface area contributed by atoms with Gasteiger partial charge in [-0.2, -0.15) is 0 Å². The van der Waals surface area contributed by atoms with Crippen LogP contribution in [0.5, 0.6) is 17.2 Å². The minimum atomic E-state index is 0. The molecule has 0 saturated carbocycles. The summed E-state index contributed by atoms with van der Waals surface area (Å²) in [6.07, 6.45) is 0.961. The van der Waals surface area contributed by atoms with Gasteiger partial charge in [0.25, 0.3) is 0 Å². The van der Waals surface area contributed by atoms with Crippen molar-refractivity contribution in [3.05, 3.63) is 39.6 Å². The summed E-state index contributed by atoms with van der Waals surface area (Å²) >= 11 is 1.84. The quantitative estimate of drug-likeness (QED) is 0.285. The molecule has 1 unspecified atom stereocenters. The number of halogens is 1. The van der Waals surface area contributed by atoms with E-state index in [1.807, 2.05) is 23.5 Å². The van der Waals surface area contributed by atoms with Crippen LogP contribution in [0, 0.1) is 6.92 Å². The zero-order valence-electron chi connectivity index (χ0n) is 18.0. The van der Waals surface area contributed by atoms with E-state index in [0.717, 1.165) is 24.5 Å². The minimum Gasteiger partial charge on any atom is -0.493 e. The molecule has 2 N–H and O–H groups in total. The van der Waals surface area contributed by atoms with Crippen molar-refractivity contribution >= 4 is 41.3 Å². The van der Waals surface area contributed by atoms with E-state index >= 15 is 0 Å². The van der Waals surface area contributed by atoms with Gasteiger partial charge >= 0.3 is 0 Å². The molecule has 2 aromatic rings. The van der Waals surface area contributed by atoms with Gasteiger partial charge in [-0.15, -0.1) is 35.3 Å². The lowest BCUT2D eigenvalue weighted by atomic mass is 10.1. The first kappa shape index (κ1) is 25.4. The Morgan fingerprint density at radius 1 is 1.07 bits per heavy atom. The number of hydrogen-bond donors (Lipinski definition) is 2. The van der Waals surface area contributed by atoms with E-state index in [9.17, 15) is 0 Å². The molecule has 29 heavy (non-hydrogen) atoms. The summed E-state index contributed by atoms with van der Waals surface area (Å²) in [7, 11) is 4.84. The Labute approximate surface area is 195 Å². The Morgan fingerprint density at radius 2 is 1.79 bits per heavy atom. The molecule has 0 radical (unpaired) electrons. The van der Waals surface area contributed by atoms with Crippen molar-refractivity contribution in [1.82, 2.24) is 10.6 Å². The van der Waals surface area contributed by atoms with E-state index in [1.54, 1.807) is 21.3 Å². The number of nitrogens with zero attached hydrogens (tertiary/aromatic N) is 1. The van der Waals surface area contributed by atoms with Crippen molar-refractivity contribution in [3.8, 4) is 17.2 Å². The van der Waals surface area contributed by atoms with Gasteiger partial charge in [0, 0.05) is 34.3 Å². The molecule has 0 bridgehead atoms. The molecule has 1 heterocycles. The fourth-order valence-electron chi connectivity index (χ4n) is 2.95. The summed E-state index contributed by atoms with van der Waals surface area (Å²) in [5.74, 6) is 2.64. The highest BCUT2D eigenvalue weighted by molar-refractivity contribution is 14.0. The van der Waals surface area contributed by atoms with Crippen molar-refractivity contribution in [2.24, 2.45) is 4.99 Å². The highest BCUT2D eigenvalue weighted by Gasteiger charge is 2.16. The standard InChI is InChI=1S/C21H31N3O3S.HI/c1-7-22-21(24-14(2)12-17-10-8-15(3)28-17)23-13-16-9-11-18(25-4)20(27-6)19(16)26-5;/h8-11,14H,7,12-13H2,1-6H3,(H2,22,23,24);1H. The van der Waals surface area contributed by atoms with E-state index in [2.05, 4.69) is 43.5 Å². The summed E-state index contributed by atoms with van der Waals surface area (Å²) in [5.41, 5.74) is 0.930. The first-order valence-corrected chi connectivity index (χ1v) is 10.2. The number of guanidine groups is 1. The SMILES string of the molecule is CCNC(=NCc1ccc(OC)c(OC)c1OC)NC(C)Cc1ccc(C)s1.I. The number of aryl methyl sites for hydroxylation is 1. The third-order valence-corrected chi connectivity index (χ3v) is 5.25. The number of ether oxygens (including phenoxy) is 3. The molecule has 6 nitrogen and oxygen atoms in total. The van der Waals surface area contributed by atoms with E-state index < -0.39 is 0 Å². The van der Waals surface area contributed by atoms with Crippen molar-refractivity contribution in [2.75, 3.05) is 27.9 Å². The molecule has 8 heteroatoms. The second-order valence-electron chi connectivity index (χ2n) is 6.45. The lowest BCUT2D eigenvalue weighted by Gasteiger charge is -2.18. The predicted molar refractivity (Wildman–Crippen MR) is 132 cm³/mol. The molecule has 1 aromatic heterocycles. The lowest BCUT2D eigenvalue weighted by Crippen LogP contribution is -2.43. The van der Waals surface area contributed by atoms with Gasteiger partial charge in [-0.3, -0.25) is 0 Å². The maximum absolute atomic E-state index is 5.55. The summed E-state index contributed by atoms with van der Waals surface area (Å²) in [4.78, 5) is 7.44. The van der Waals surface area contributed by atoms with Gasteiger partial charge in [0.15, 0.2) is 17.5 Å². The molecule has 0 aliphatic heterocycles. The summed E-state index contributed by atoms with van der Waals surface area (Å²) in [6, 6.07) is 8.44. The molecule has 0 fully saturated rings. The van der Waals surface area contributed by atoms with Crippen LogP contribution < -0.4 is 24.8 Å². The lowest BCUT2D eigenvalue weighted by molar-refractivity contribution is 0.322. The molecule has 0 spiro atoms. The molecule has 1 atom stereocenters. The van der Waals surface area contributed by atoms with E-state index in [4.69, 9.17) is 19.2 Å². The number of methoxy groups -OCH3 is 3. The van der Waals surface area contributed by atoms with Crippen molar-refractivity contribution in [3.63, 3.8) is 0 Å². The van der Waals surface area contributed by atoms with Gasteiger partial charge in [-0.05, 0) is 45.0 Å². The fraction of sp³-hybridized carbons (Fsp3) is 0.476. The maximum Gasteiger partial charge on any atom is 0.203 e. The molecule has 1 aromatic carbocycles. The summed E-state index contributed by atoms with van der Waals surface area (Å²) in [5, 5.41) is 6.79. The van der Waals surface area contributed by atoms with E-state index in [0.29, 0.717) is 23.8 Å². The maximum atomic E-state index is 5.55. The van der Waals surface area contributed by atoms with Gasteiger partial charge in [-0.25, -0.2) is 4.99 Å². The zero-order chi connectivity index (χ0) is 20.5. The van der Waals surface area contributed by atoms with Crippen molar-refractivity contribution in [2.45, 2.75) is 39.8 Å². The Morgan fingerprint density at radius 3 is 2.34 bits per heavy atom. The topological polar surface area (TPSA) is 64.1 Å². The normalized spacial score (nSPS) is 12.0. The van der Waals surface area contributed by atoms with Crippen LogP contribution >= 0.6 is 35.3 Å². The molecule has 0 aliphatic carbocycles. The highest BCUT2D eigenvalue weighted by Crippen LogP contribution is 2.39. The molecule has 0 aliphatic rings. The zero-order valence-corrected chi connectivity index (χ0v) is 21.1. The van der Waals surface area contributed by atoms with Crippen LogP contribution in [0.25, 0.3) is 0 Å². The Hall–Kier alpha value is -1.68. The number of nitrogens with one attached hydrogen (secondary N) is 2. The van der Waals surface area contributed by atoms with Gasteiger partial charge in [0.2, 0.25) is 5.75 Å². The van der Waals surface area contributed by atoms with Gasteiger partial charge < -0.3 is 24.8 Å². The Bertz CT molecular complexity index is 795. The fourth-order valence-corrected chi connectivity index (χ4v) is 3.97. The predicted octanol–water partition coefficient (Wildman–Crippen LogP) is 4.39. The summed E-state index contributed by atoms with van der Waals surface area (Å²) in [6.45, 7) is 7.61. The molecule has 2 rings (SSSR count). The van der Waals surface area contributed by atoms with E-state index in [1.165, 1.54) is 9.75 Å². The van der Waals surface area contributed by atoms with Crippen LogP contribution in [0.1, 0.15) is 29.2 Å². The Kier molecular flexibility index (Phi) is 11.2. The van der Waals surface area contributed by atoms with Crippen LogP contribution in [0.15, 0.2) is 29.3 Å². The molecular formula is C21H32IN3O3S. The second-order valence-corrected chi connectivity index (χ2v) is 7.82. The average Bonchev–Trinajstić information content (AvgIpc) is 3.09. The molecule has 0 amide bonds. The van der Waals surface area contributed by atoms with Gasteiger partial charge in [-0.1, -0.05) is 0 Å². The van der Waals surface area contributed by atoms with Gasteiger partial charge in [0.05, 0.1) is 27.9 Å². The summed E-state index contributed by atoms with van der Waals surface area (Å²) < 4.78 is 16.4. The Balaban J connectivity index is 0.00000420. The molecule has 0 saturated heterocycles. The molecule has 162 valence electrons. The first-order valence-electron chi connectivity index (χ1n) is 9.40. The largest absolute Gasteiger partial charge is 0.493 e. The van der Waals surface area contributed by atoms with Crippen LogP contribution in [-0.4, -0.2) is 39.9 Å². The monoisotopic (exact) mass is 533 g/mol. The van der Waals surface area contributed by atoms with Gasteiger partial charge in [0.1, 0.15) is 0 Å². The number of rotatable bonds is 9. The second kappa shape index (κ2) is 12.8. The smallest absolute Gasteiger partial charge is 0.203 e. The first-order chi connectivity index (χ1) is 13.5. The molecular weight excluding hydrogens is 501 g/mol. The third-order valence-electron chi connectivity index (χ3n) is 4.22. The number of benzene rings is 1. The van der Waals surface area contributed by atoms with Crippen LogP contribution in [0.2, 0.25) is 0 Å². The third kappa shape index (κ3) is 7.26. The number of aliphatic imine (C=N–C) groups is 1. The van der Waals surface area contributed by atoms with Crippen LogP contribution in [0.3, 0.4) is 0 Å². The van der Waals surface area contributed by atoms with Crippen LogP contribution in [-0.2, 0) is 13.0 Å². The number of thiophene rings is 1. The number of hydrogen-bond acceptors (Lipinski definition) is 5. The minimum absolute atomic E-state index is 0.